The van der Waals surface area contributed by atoms with Gasteiger partial charge in [-0.1, -0.05) is 90.0 Å². The third kappa shape index (κ3) is 3.52. The smallest absolute Gasteiger partial charge is 0.231 e. The molecule has 0 aromatic heterocycles. The Bertz CT molecular complexity index is 1070. The minimum Gasteiger partial charge on any atom is -0.361 e. The van der Waals surface area contributed by atoms with Crippen molar-refractivity contribution in [1.82, 2.24) is 4.90 Å². The third-order valence-electron chi connectivity index (χ3n) is 6.64. The molecule has 2 aliphatic heterocycles. The summed E-state index contributed by atoms with van der Waals surface area (Å²) in [6, 6.07) is 25.9. The van der Waals surface area contributed by atoms with Gasteiger partial charge in [-0.3, -0.25) is 4.79 Å². The number of likely N-dealkylation sites (tertiary alicyclic amines) is 1. The minimum absolute atomic E-state index is 0.0727. The maximum absolute atomic E-state index is 13.4. The number of aryl methyl sites for hydroxylation is 2. The second-order valence-electron chi connectivity index (χ2n) is 9.01. The molecule has 0 saturated carbocycles. The van der Waals surface area contributed by atoms with Gasteiger partial charge >= 0.3 is 0 Å². The lowest BCUT2D eigenvalue weighted by atomic mass is 9.76. The Morgan fingerprint density at radius 2 is 1.44 bits per heavy atom. The zero-order chi connectivity index (χ0) is 22.3. The van der Waals surface area contributed by atoms with Crippen LogP contribution >= 0.6 is 0 Å². The predicted molar refractivity (Wildman–Crippen MR) is 120 cm³/mol. The van der Waals surface area contributed by atoms with Gasteiger partial charge in [0.1, 0.15) is 5.92 Å². The van der Waals surface area contributed by atoms with E-state index in [1.54, 1.807) is 4.90 Å². The molecule has 1 unspecified atom stereocenters. The molecule has 2 atom stereocenters. The zero-order valence-electron chi connectivity index (χ0n) is 18.3. The summed E-state index contributed by atoms with van der Waals surface area (Å²) < 4.78 is 0. The first-order chi connectivity index (χ1) is 15.4. The van der Waals surface area contributed by atoms with Gasteiger partial charge < -0.3 is 10.0 Å². The number of aliphatic hydroxyl groups is 1. The minimum atomic E-state index is -1.68. The Kier molecular flexibility index (Phi) is 5.13. The van der Waals surface area contributed by atoms with Gasteiger partial charge in [0.25, 0.3) is 0 Å². The maximum Gasteiger partial charge on any atom is 0.231 e. The van der Waals surface area contributed by atoms with E-state index in [-0.39, 0.29) is 12.5 Å². The molecule has 3 aromatic rings. The Balaban J connectivity index is 1.52. The molecule has 32 heavy (non-hydrogen) atoms. The van der Waals surface area contributed by atoms with Crippen LogP contribution in [0, 0.1) is 19.8 Å². The van der Waals surface area contributed by atoms with E-state index < -0.39 is 17.3 Å². The van der Waals surface area contributed by atoms with Gasteiger partial charge in [-0.15, -0.1) is 0 Å². The van der Waals surface area contributed by atoms with Crippen LogP contribution in [0.15, 0.2) is 78.9 Å². The van der Waals surface area contributed by atoms with Crippen LogP contribution in [0.3, 0.4) is 0 Å². The molecule has 5 nitrogen and oxygen atoms in total. The molecule has 2 saturated heterocycles. The monoisotopic (exact) mass is 429 g/mol. The normalized spacial score (nSPS) is 24.4. The van der Waals surface area contributed by atoms with E-state index in [0.717, 1.165) is 27.8 Å². The number of rotatable bonds is 4. The third-order valence-corrected chi connectivity index (χ3v) is 6.64. The highest BCUT2D eigenvalue weighted by Crippen LogP contribution is 2.50. The van der Waals surface area contributed by atoms with Crippen LogP contribution in [0.25, 0.3) is 0 Å². The molecule has 164 valence electrons. The number of hydrogen-bond donors (Lipinski definition) is 1. The second kappa shape index (κ2) is 7.85. The van der Waals surface area contributed by atoms with E-state index in [0.29, 0.717) is 13.0 Å². The van der Waals surface area contributed by atoms with Gasteiger partial charge in [0, 0.05) is 13.0 Å². The van der Waals surface area contributed by atoms with Crippen molar-refractivity contribution in [2.24, 2.45) is 5.92 Å². The standard InChI is InChI=1S/C27H27NO4/c1-19-8-12-22(13-9-19)26(23-14-10-20(2)11-15-23)16-24-25(29)28(18-27(24,30)32-31-26)17-21-6-4-3-5-7-21/h3-15,24,30H,16-18H2,1-2H3/t24?,27-/m0/s1. The molecule has 0 spiro atoms. The fourth-order valence-corrected chi connectivity index (χ4v) is 4.75. The number of β-amino-alcohol motifs (C(OH)–C–C–N with tert-alkyl or cyclic N) is 1. The molecule has 1 amide bonds. The molecule has 2 aliphatic rings. The molecule has 5 rings (SSSR count). The molecule has 5 heteroatoms. The van der Waals surface area contributed by atoms with Crippen molar-refractivity contribution in [3.05, 3.63) is 107 Å². The van der Waals surface area contributed by atoms with Crippen LogP contribution in [-0.2, 0) is 26.7 Å². The first-order valence-corrected chi connectivity index (χ1v) is 11.0. The largest absolute Gasteiger partial charge is 0.361 e. The van der Waals surface area contributed by atoms with E-state index in [1.807, 2.05) is 92.7 Å². The highest BCUT2D eigenvalue weighted by molar-refractivity contribution is 5.83. The number of fused-ring (bicyclic) bond motifs is 1. The summed E-state index contributed by atoms with van der Waals surface area (Å²) in [7, 11) is 0. The summed E-state index contributed by atoms with van der Waals surface area (Å²) in [6.07, 6.45) is 0.291. The summed E-state index contributed by atoms with van der Waals surface area (Å²) in [5.41, 5.74) is 4.06. The average Bonchev–Trinajstić information content (AvgIpc) is 3.04. The van der Waals surface area contributed by atoms with Gasteiger partial charge in [-0.2, -0.15) is 4.89 Å². The van der Waals surface area contributed by atoms with Gasteiger partial charge in [0.2, 0.25) is 11.7 Å². The topological polar surface area (TPSA) is 59.0 Å². The summed E-state index contributed by atoms with van der Waals surface area (Å²) in [6.45, 7) is 4.55. The van der Waals surface area contributed by atoms with Crippen LogP contribution in [0.1, 0.15) is 34.2 Å². The quantitative estimate of drug-likeness (QED) is 0.630. The highest BCUT2D eigenvalue weighted by atomic mass is 17.2. The lowest BCUT2D eigenvalue weighted by molar-refractivity contribution is -0.487. The molecular weight excluding hydrogens is 402 g/mol. The lowest BCUT2D eigenvalue weighted by Crippen LogP contribution is -2.52. The SMILES string of the molecule is Cc1ccc(C2(c3ccc(C)cc3)CC3C(=O)N(Cc4ccccc4)C[C@]3(O)OO2)cc1. The van der Waals surface area contributed by atoms with Gasteiger partial charge in [0.05, 0.1) is 6.54 Å². The number of benzene rings is 3. The number of carbonyl (C=O) groups is 1. The van der Waals surface area contributed by atoms with Crippen LogP contribution < -0.4 is 0 Å². The highest BCUT2D eigenvalue weighted by Gasteiger charge is 2.61. The summed E-state index contributed by atoms with van der Waals surface area (Å²) in [4.78, 5) is 26.9. The fourth-order valence-electron chi connectivity index (χ4n) is 4.75. The van der Waals surface area contributed by atoms with Crippen molar-refractivity contribution >= 4 is 5.91 Å². The van der Waals surface area contributed by atoms with E-state index >= 15 is 0 Å². The Labute approximate surface area is 188 Å². The van der Waals surface area contributed by atoms with Crippen LogP contribution in [0.2, 0.25) is 0 Å². The first-order valence-electron chi connectivity index (χ1n) is 11.0. The number of hydrogen-bond acceptors (Lipinski definition) is 4. The average molecular weight is 430 g/mol. The van der Waals surface area contributed by atoms with Crippen LogP contribution in [0.4, 0.5) is 0 Å². The van der Waals surface area contributed by atoms with Gasteiger partial charge in [0.15, 0.2) is 5.60 Å². The molecule has 2 fully saturated rings. The van der Waals surface area contributed by atoms with Crippen molar-refractivity contribution in [1.29, 1.82) is 0 Å². The summed E-state index contributed by atoms with van der Waals surface area (Å²) in [5.74, 6) is -2.53. The second-order valence-corrected chi connectivity index (χ2v) is 9.01. The van der Waals surface area contributed by atoms with Crippen molar-refractivity contribution in [2.75, 3.05) is 6.54 Å². The van der Waals surface area contributed by atoms with Crippen molar-refractivity contribution in [3.63, 3.8) is 0 Å². The van der Waals surface area contributed by atoms with Crippen molar-refractivity contribution in [2.45, 2.75) is 38.2 Å². The van der Waals surface area contributed by atoms with Crippen molar-refractivity contribution < 1.29 is 19.7 Å². The van der Waals surface area contributed by atoms with Crippen molar-refractivity contribution in [3.8, 4) is 0 Å². The molecule has 0 aliphatic carbocycles. The van der Waals surface area contributed by atoms with E-state index in [9.17, 15) is 9.90 Å². The van der Waals surface area contributed by atoms with Crippen LogP contribution in [-0.4, -0.2) is 28.2 Å². The lowest BCUT2D eigenvalue weighted by Gasteiger charge is -2.43. The zero-order valence-corrected chi connectivity index (χ0v) is 18.3. The first kappa shape index (κ1) is 20.9. The molecule has 1 N–H and O–H groups in total. The van der Waals surface area contributed by atoms with Gasteiger partial charge in [-0.25, -0.2) is 4.89 Å². The summed E-state index contributed by atoms with van der Waals surface area (Å²) in [5, 5.41) is 11.2. The molecule has 0 radical (unpaired) electrons. The molecule has 3 aromatic carbocycles. The molecular formula is C27H27NO4. The molecule has 2 heterocycles. The number of amides is 1. The van der Waals surface area contributed by atoms with Gasteiger partial charge in [-0.05, 0) is 30.5 Å². The van der Waals surface area contributed by atoms with Crippen LogP contribution in [0.5, 0.6) is 0 Å². The maximum atomic E-state index is 13.4. The fraction of sp³-hybridized carbons (Fsp3) is 0.296. The van der Waals surface area contributed by atoms with E-state index in [4.69, 9.17) is 9.78 Å². The van der Waals surface area contributed by atoms with E-state index in [2.05, 4.69) is 0 Å². The Morgan fingerprint density at radius 3 is 2.00 bits per heavy atom. The number of carbonyl (C=O) groups excluding carboxylic acids is 1. The summed E-state index contributed by atoms with van der Waals surface area (Å²) >= 11 is 0. The molecule has 0 bridgehead atoms. The Morgan fingerprint density at radius 1 is 0.875 bits per heavy atom. The Hall–Kier alpha value is -2.99. The van der Waals surface area contributed by atoms with E-state index in [1.165, 1.54) is 0 Å². The predicted octanol–water partition coefficient (Wildman–Crippen LogP) is 4.25. The number of nitrogens with zero attached hydrogens (tertiary/aromatic N) is 1.